The molecule has 1 aromatic carbocycles. The largest absolute Gasteiger partial charge is 0.496 e. The molecule has 1 amide bonds. The number of amides is 1. The first-order chi connectivity index (χ1) is 15.5. The fraction of sp³-hybridized carbons (Fsp3) is 0.304. The van der Waals surface area contributed by atoms with Crippen LogP contribution in [0.5, 0.6) is 5.75 Å². The smallest absolute Gasteiger partial charge is 0.261 e. The van der Waals surface area contributed by atoms with Crippen LogP contribution in [0.3, 0.4) is 0 Å². The van der Waals surface area contributed by atoms with Gasteiger partial charge in [-0.1, -0.05) is 31.4 Å². The van der Waals surface area contributed by atoms with E-state index in [1.54, 1.807) is 31.7 Å². The zero-order chi connectivity index (χ0) is 22.7. The maximum Gasteiger partial charge on any atom is 0.261 e. The molecule has 9 heteroatoms. The Labute approximate surface area is 191 Å². The number of ether oxygens (including phenoxy) is 1. The van der Waals surface area contributed by atoms with E-state index in [1.807, 2.05) is 10.7 Å². The number of nitrogens with zero attached hydrogens (tertiary/aromatic N) is 5. The first-order valence-electron chi connectivity index (χ1n) is 10.3. The summed E-state index contributed by atoms with van der Waals surface area (Å²) in [5.41, 5.74) is 2.34. The van der Waals surface area contributed by atoms with E-state index in [0.717, 1.165) is 17.7 Å². The summed E-state index contributed by atoms with van der Waals surface area (Å²) < 4.78 is 8.84. The molecule has 3 heterocycles. The highest BCUT2D eigenvalue weighted by Gasteiger charge is 2.23. The van der Waals surface area contributed by atoms with Crippen molar-refractivity contribution in [3.8, 4) is 29.0 Å². The van der Waals surface area contributed by atoms with Crippen molar-refractivity contribution < 1.29 is 9.53 Å². The summed E-state index contributed by atoms with van der Waals surface area (Å²) in [6.45, 7) is 4.99. The normalized spacial score (nSPS) is 12.2. The van der Waals surface area contributed by atoms with Crippen molar-refractivity contribution >= 4 is 35.2 Å². The molecule has 0 radical (unpaired) electrons. The molecule has 0 aliphatic carbocycles. The number of halogens is 1. The van der Waals surface area contributed by atoms with Crippen molar-refractivity contribution in [1.29, 1.82) is 0 Å². The summed E-state index contributed by atoms with van der Waals surface area (Å²) in [4.78, 5) is 17.5. The molecule has 2 aromatic heterocycles. The predicted octanol–water partition coefficient (Wildman–Crippen LogP) is 4.62. The molecule has 1 aliphatic rings. The van der Waals surface area contributed by atoms with E-state index < -0.39 is 0 Å². The summed E-state index contributed by atoms with van der Waals surface area (Å²) in [5, 5.41) is 12.2. The average molecular weight is 451 g/mol. The highest BCUT2D eigenvalue weighted by atomic mass is 35.5. The number of aromatic nitrogens is 4. The summed E-state index contributed by atoms with van der Waals surface area (Å²) in [5.74, 6) is 4.09. The topological polar surface area (TPSA) is 86.3 Å². The van der Waals surface area contributed by atoms with Crippen molar-refractivity contribution in [2.45, 2.75) is 33.2 Å². The fourth-order valence-electron chi connectivity index (χ4n) is 3.37. The van der Waals surface area contributed by atoms with Gasteiger partial charge in [-0.3, -0.25) is 9.48 Å². The van der Waals surface area contributed by atoms with E-state index in [0.29, 0.717) is 46.7 Å². The Kier molecular flexibility index (Phi) is 6.28. The number of carbonyl (C=O) groups excluding carboxylic acids is 1. The van der Waals surface area contributed by atoms with Gasteiger partial charge in [-0.25, -0.2) is 4.99 Å². The molecule has 8 nitrogen and oxygen atoms in total. The number of anilines is 1. The monoisotopic (exact) mass is 450 g/mol. The van der Waals surface area contributed by atoms with Crippen LogP contribution in [0, 0.1) is 17.9 Å². The van der Waals surface area contributed by atoms with Crippen LogP contribution in [0.2, 0.25) is 5.02 Å². The number of rotatable bonds is 7. The fourth-order valence-corrected chi connectivity index (χ4v) is 3.54. The van der Waals surface area contributed by atoms with E-state index in [1.165, 1.54) is 10.9 Å². The second kappa shape index (κ2) is 9.28. The van der Waals surface area contributed by atoms with Gasteiger partial charge in [0, 0.05) is 35.8 Å². The van der Waals surface area contributed by atoms with Crippen LogP contribution in [0.4, 0.5) is 11.5 Å². The molecule has 0 spiro atoms. The van der Waals surface area contributed by atoms with E-state index in [9.17, 15) is 4.79 Å². The van der Waals surface area contributed by atoms with Crippen LogP contribution in [-0.4, -0.2) is 38.8 Å². The third-order valence-electron chi connectivity index (χ3n) is 5.00. The number of carbonyl (C=O) groups is 1. The van der Waals surface area contributed by atoms with Crippen LogP contribution in [0.15, 0.2) is 35.6 Å². The lowest BCUT2D eigenvalue weighted by atomic mass is 10.1. The third kappa shape index (κ3) is 4.39. The van der Waals surface area contributed by atoms with Crippen LogP contribution in [0.1, 0.15) is 37.0 Å². The molecule has 0 unspecified atom stereocenters. The van der Waals surface area contributed by atoms with Crippen molar-refractivity contribution in [3.63, 3.8) is 0 Å². The standard InChI is InChI=1S/C23H23ClN6O2/c1-15(2)8-11-29-21(17-12-16(24)6-7-20(17)32-3)19(14-27-29)28-23(31)18-13-26-30-10-5-4-9-25-22(18)30/h6-7,9,12-15H,4,8,11H2,1-3H3,(H,28,31). The molecule has 0 atom stereocenters. The number of aryl methyl sites for hydroxylation is 1. The maximum atomic E-state index is 13.2. The quantitative estimate of drug-likeness (QED) is 0.532. The molecule has 0 saturated heterocycles. The summed E-state index contributed by atoms with van der Waals surface area (Å²) in [7, 11) is 1.60. The number of hydrogen-bond donors (Lipinski definition) is 1. The highest BCUT2D eigenvalue weighted by molar-refractivity contribution is 6.31. The molecule has 0 bridgehead atoms. The third-order valence-corrected chi connectivity index (χ3v) is 5.24. The van der Waals surface area contributed by atoms with Gasteiger partial charge < -0.3 is 10.1 Å². The average Bonchev–Trinajstić information content (AvgIpc) is 3.28. The minimum atomic E-state index is -0.349. The Bertz CT molecular complexity index is 1250. The van der Waals surface area contributed by atoms with Crippen LogP contribution < -0.4 is 10.1 Å². The Morgan fingerprint density at radius 3 is 2.94 bits per heavy atom. The van der Waals surface area contributed by atoms with Gasteiger partial charge in [0.15, 0.2) is 5.82 Å². The first-order valence-corrected chi connectivity index (χ1v) is 10.7. The molecule has 32 heavy (non-hydrogen) atoms. The first kappa shape index (κ1) is 21.7. The van der Waals surface area contributed by atoms with E-state index >= 15 is 0 Å². The number of aliphatic imine (C=N–C) groups is 1. The van der Waals surface area contributed by atoms with Gasteiger partial charge in [0.25, 0.3) is 5.91 Å². The van der Waals surface area contributed by atoms with Gasteiger partial charge in [-0.05, 0) is 30.5 Å². The SMILES string of the molecule is COc1ccc(Cl)cc1-c1c(NC(=O)c2cnn3c2N=CCC#C3)cnn1CCC(C)C. The second-order valence-corrected chi connectivity index (χ2v) is 8.15. The summed E-state index contributed by atoms with van der Waals surface area (Å²) in [6.07, 6.45) is 6.20. The van der Waals surface area contributed by atoms with Gasteiger partial charge in [-0.15, -0.1) is 0 Å². The molecule has 4 rings (SSSR count). The number of hydrogen-bond acceptors (Lipinski definition) is 5. The predicted molar refractivity (Wildman–Crippen MR) is 125 cm³/mol. The summed E-state index contributed by atoms with van der Waals surface area (Å²) >= 11 is 6.29. The van der Waals surface area contributed by atoms with Crippen molar-refractivity contribution in [2.24, 2.45) is 10.9 Å². The van der Waals surface area contributed by atoms with Crippen molar-refractivity contribution in [2.75, 3.05) is 12.4 Å². The van der Waals surface area contributed by atoms with Gasteiger partial charge >= 0.3 is 0 Å². The van der Waals surface area contributed by atoms with Crippen molar-refractivity contribution in [1.82, 2.24) is 19.6 Å². The number of benzene rings is 1. The number of methoxy groups -OCH3 is 1. The molecule has 3 aromatic rings. The zero-order valence-electron chi connectivity index (χ0n) is 18.1. The Balaban J connectivity index is 1.74. The molecule has 164 valence electrons. The second-order valence-electron chi connectivity index (χ2n) is 7.71. The minimum absolute atomic E-state index is 0.330. The Morgan fingerprint density at radius 2 is 2.16 bits per heavy atom. The summed E-state index contributed by atoms with van der Waals surface area (Å²) in [6, 6.07) is 8.23. The Hall–Kier alpha value is -3.57. The van der Waals surface area contributed by atoms with Gasteiger partial charge in [-0.2, -0.15) is 14.9 Å². The number of nitrogens with one attached hydrogen (secondary N) is 1. The van der Waals surface area contributed by atoms with E-state index in [-0.39, 0.29) is 5.91 Å². The van der Waals surface area contributed by atoms with E-state index in [4.69, 9.17) is 16.3 Å². The van der Waals surface area contributed by atoms with Gasteiger partial charge in [0.1, 0.15) is 11.3 Å². The molecular formula is C23H23ClN6O2. The van der Waals surface area contributed by atoms with Crippen LogP contribution in [0.25, 0.3) is 11.3 Å². The maximum absolute atomic E-state index is 13.2. The van der Waals surface area contributed by atoms with Crippen LogP contribution in [-0.2, 0) is 6.54 Å². The van der Waals surface area contributed by atoms with Crippen molar-refractivity contribution in [3.05, 3.63) is 41.2 Å². The molecule has 0 fully saturated rings. The molecular weight excluding hydrogens is 428 g/mol. The lowest BCUT2D eigenvalue weighted by Crippen LogP contribution is -2.13. The van der Waals surface area contributed by atoms with Gasteiger partial charge in [0.05, 0.1) is 30.9 Å². The number of fused-ring (bicyclic) bond motifs is 1. The van der Waals surface area contributed by atoms with Crippen LogP contribution >= 0.6 is 11.6 Å². The van der Waals surface area contributed by atoms with Gasteiger partial charge in [0.2, 0.25) is 0 Å². The molecule has 0 saturated carbocycles. The van der Waals surface area contributed by atoms with E-state index in [2.05, 4.69) is 46.3 Å². The lowest BCUT2D eigenvalue weighted by Gasteiger charge is -2.15. The zero-order valence-corrected chi connectivity index (χ0v) is 18.8. The highest BCUT2D eigenvalue weighted by Crippen LogP contribution is 2.37. The molecule has 1 N–H and O–H groups in total. The molecule has 1 aliphatic heterocycles. The lowest BCUT2D eigenvalue weighted by molar-refractivity contribution is 0.102. The Morgan fingerprint density at radius 1 is 1.31 bits per heavy atom. The minimum Gasteiger partial charge on any atom is -0.496 e.